The molecule has 0 saturated heterocycles. The maximum Gasteiger partial charge on any atom is 0.206 e. The van der Waals surface area contributed by atoms with Gasteiger partial charge in [-0.1, -0.05) is 18.2 Å². The molecule has 5 nitrogen and oxygen atoms in total. The van der Waals surface area contributed by atoms with Crippen molar-refractivity contribution in [2.24, 2.45) is 10.1 Å². The van der Waals surface area contributed by atoms with Crippen LogP contribution in [-0.4, -0.2) is 27.1 Å². The number of nitrogens with zero attached hydrogens (tertiary/aromatic N) is 3. The first-order valence-electron chi connectivity index (χ1n) is 8.02. The molecule has 134 valence electrons. The molecule has 0 fully saturated rings. The second kappa shape index (κ2) is 7.53. The highest BCUT2D eigenvalue weighted by atomic mass is 32.1. The third-order valence-electron chi connectivity index (χ3n) is 3.56. The average molecular weight is 371 g/mol. The van der Waals surface area contributed by atoms with Crippen LogP contribution in [0.3, 0.4) is 0 Å². The van der Waals surface area contributed by atoms with Crippen molar-refractivity contribution in [3.8, 4) is 22.8 Å². The second-order valence-corrected chi connectivity index (χ2v) is 6.71. The predicted octanol–water partition coefficient (Wildman–Crippen LogP) is 3.96. The SMILES string of the molecule is CC(C)N=c1scc(-c2ccccc2F)n1N=Cc1cccc(O)c1O. The Balaban J connectivity index is 2.15. The summed E-state index contributed by atoms with van der Waals surface area (Å²) in [4.78, 5) is 5.13. The van der Waals surface area contributed by atoms with Crippen LogP contribution in [0.1, 0.15) is 19.4 Å². The number of para-hydroxylation sites is 1. The van der Waals surface area contributed by atoms with Gasteiger partial charge in [0.25, 0.3) is 0 Å². The van der Waals surface area contributed by atoms with Gasteiger partial charge in [-0.3, -0.25) is 4.99 Å². The van der Waals surface area contributed by atoms with Gasteiger partial charge in [0.05, 0.1) is 11.9 Å². The number of phenols is 2. The Morgan fingerprint density at radius 1 is 1.12 bits per heavy atom. The molecule has 3 aromatic rings. The van der Waals surface area contributed by atoms with Crippen molar-refractivity contribution >= 4 is 17.6 Å². The van der Waals surface area contributed by atoms with Crippen LogP contribution in [0, 0.1) is 5.82 Å². The number of aromatic nitrogens is 1. The molecule has 0 saturated carbocycles. The fourth-order valence-electron chi connectivity index (χ4n) is 2.35. The van der Waals surface area contributed by atoms with E-state index < -0.39 is 0 Å². The van der Waals surface area contributed by atoms with Crippen LogP contribution in [0.5, 0.6) is 11.5 Å². The Morgan fingerprint density at radius 3 is 2.62 bits per heavy atom. The summed E-state index contributed by atoms with van der Waals surface area (Å²) in [7, 11) is 0. The Bertz CT molecular complexity index is 1020. The zero-order valence-corrected chi connectivity index (χ0v) is 15.1. The lowest BCUT2D eigenvalue weighted by Gasteiger charge is -2.06. The number of hydrogen-bond acceptors (Lipinski definition) is 5. The number of benzene rings is 2. The molecule has 0 atom stereocenters. The molecule has 0 bridgehead atoms. The summed E-state index contributed by atoms with van der Waals surface area (Å²) in [5, 5.41) is 25.7. The lowest BCUT2D eigenvalue weighted by atomic mass is 10.1. The first kappa shape index (κ1) is 17.9. The lowest BCUT2D eigenvalue weighted by Crippen LogP contribution is -2.14. The summed E-state index contributed by atoms with van der Waals surface area (Å²) in [6.07, 6.45) is 1.41. The summed E-state index contributed by atoms with van der Waals surface area (Å²) < 4.78 is 15.8. The van der Waals surface area contributed by atoms with Crippen LogP contribution in [0.2, 0.25) is 0 Å². The van der Waals surface area contributed by atoms with E-state index in [-0.39, 0.29) is 23.4 Å². The summed E-state index contributed by atoms with van der Waals surface area (Å²) in [5.41, 5.74) is 1.31. The maximum absolute atomic E-state index is 14.2. The minimum Gasteiger partial charge on any atom is -0.504 e. The molecule has 0 amide bonds. The van der Waals surface area contributed by atoms with Gasteiger partial charge in [0.2, 0.25) is 4.80 Å². The number of thiazole rings is 1. The van der Waals surface area contributed by atoms with Crippen LogP contribution in [0.25, 0.3) is 11.3 Å². The molecule has 2 N–H and O–H groups in total. The van der Waals surface area contributed by atoms with Crippen LogP contribution in [0.4, 0.5) is 4.39 Å². The molecule has 0 aliphatic heterocycles. The van der Waals surface area contributed by atoms with Crippen molar-refractivity contribution in [2.75, 3.05) is 0 Å². The summed E-state index contributed by atoms with van der Waals surface area (Å²) in [6.45, 7) is 3.88. The van der Waals surface area contributed by atoms with Gasteiger partial charge >= 0.3 is 0 Å². The molecule has 0 radical (unpaired) electrons. The van der Waals surface area contributed by atoms with E-state index in [9.17, 15) is 14.6 Å². The molecule has 1 aromatic heterocycles. The number of halogens is 1. The fraction of sp³-hybridized carbons (Fsp3) is 0.158. The van der Waals surface area contributed by atoms with Crippen molar-refractivity contribution in [1.29, 1.82) is 0 Å². The molecule has 26 heavy (non-hydrogen) atoms. The normalized spacial score (nSPS) is 12.4. The molecule has 0 unspecified atom stereocenters. The number of rotatable bonds is 4. The van der Waals surface area contributed by atoms with Gasteiger partial charge in [-0.2, -0.15) is 5.10 Å². The molecule has 0 aliphatic rings. The van der Waals surface area contributed by atoms with Crippen molar-refractivity contribution < 1.29 is 14.6 Å². The number of phenolic OH excluding ortho intramolecular Hbond substituents is 2. The topological polar surface area (TPSA) is 70.1 Å². The summed E-state index contributed by atoms with van der Waals surface area (Å²) in [6, 6.07) is 11.1. The average Bonchev–Trinajstić information content (AvgIpc) is 2.98. The Hall–Kier alpha value is -2.93. The van der Waals surface area contributed by atoms with Gasteiger partial charge in [0.1, 0.15) is 5.82 Å². The number of hydrogen-bond donors (Lipinski definition) is 2. The largest absolute Gasteiger partial charge is 0.504 e. The molecule has 1 heterocycles. The summed E-state index contributed by atoms with van der Waals surface area (Å²) >= 11 is 1.35. The highest BCUT2D eigenvalue weighted by Crippen LogP contribution is 2.27. The van der Waals surface area contributed by atoms with E-state index in [0.717, 1.165) is 0 Å². The van der Waals surface area contributed by atoms with Crippen LogP contribution in [0.15, 0.2) is 57.9 Å². The van der Waals surface area contributed by atoms with Crippen molar-refractivity contribution in [3.05, 3.63) is 64.0 Å². The van der Waals surface area contributed by atoms with Crippen molar-refractivity contribution in [2.45, 2.75) is 19.9 Å². The first-order valence-corrected chi connectivity index (χ1v) is 8.90. The van der Waals surface area contributed by atoms with Crippen LogP contribution in [-0.2, 0) is 0 Å². The van der Waals surface area contributed by atoms with E-state index >= 15 is 0 Å². The molecule has 7 heteroatoms. The minimum absolute atomic E-state index is 0.0396. The minimum atomic E-state index is -0.356. The quantitative estimate of drug-likeness (QED) is 0.538. The van der Waals surface area contributed by atoms with E-state index in [4.69, 9.17) is 0 Å². The molecular weight excluding hydrogens is 353 g/mol. The monoisotopic (exact) mass is 371 g/mol. The van der Waals surface area contributed by atoms with Gasteiger partial charge in [-0.25, -0.2) is 9.07 Å². The molecule has 2 aromatic carbocycles. The summed E-state index contributed by atoms with van der Waals surface area (Å²) in [5.74, 6) is -0.849. The fourth-order valence-corrected chi connectivity index (χ4v) is 3.31. The Morgan fingerprint density at radius 2 is 1.88 bits per heavy atom. The molecule has 0 aliphatic carbocycles. The number of aromatic hydroxyl groups is 2. The Labute approximate surface area is 154 Å². The Kier molecular flexibility index (Phi) is 5.18. The predicted molar refractivity (Wildman–Crippen MR) is 101 cm³/mol. The molecule has 3 rings (SSSR count). The van der Waals surface area contributed by atoms with Gasteiger partial charge in [-0.05, 0) is 38.1 Å². The first-order chi connectivity index (χ1) is 12.5. The lowest BCUT2D eigenvalue weighted by molar-refractivity contribution is 0.403. The zero-order valence-electron chi connectivity index (χ0n) is 14.3. The van der Waals surface area contributed by atoms with Crippen molar-refractivity contribution in [1.82, 2.24) is 4.68 Å². The maximum atomic E-state index is 14.2. The van der Waals surface area contributed by atoms with E-state index in [1.54, 1.807) is 35.7 Å². The van der Waals surface area contributed by atoms with Gasteiger partial charge < -0.3 is 10.2 Å². The van der Waals surface area contributed by atoms with Gasteiger partial charge in [-0.15, -0.1) is 11.3 Å². The van der Waals surface area contributed by atoms with Crippen LogP contribution < -0.4 is 4.80 Å². The zero-order chi connectivity index (χ0) is 18.7. The van der Waals surface area contributed by atoms with Crippen molar-refractivity contribution in [3.63, 3.8) is 0 Å². The van der Waals surface area contributed by atoms with E-state index in [1.807, 2.05) is 13.8 Å². The second-order valence-electron chi connectivity index (χ2n) is 5.88. The van der Waals surface area contributed by atoms with E-state index in [1.165, 1.54) is 34.4 Å². The highest BCUT2D eigenvalue weighted by molar-refractivity contribution is 7.07. The van der Waals surface area contributed by atoms with E-state index in [0.29, 0.717) is 21.6 Å². The van der Waals surface area contributed by atoms with Gasteiger partial charge in [0.15, 0.2) is 11.5 Å². The smallest absolute Gasteiger partial charge is 0.206 e. The molecule has 0 spiro atoms. The van der Waals surface area contributed by atoms with Crippen LogP contribution >= 0.6 is 11.3 Å². The standard InChI is InChI=1S/C19H18FN3O2S/c1-12(2)22-19-23(21-10-13-6-5-9-17(24)18(13)25)16(11-26-19)14-7-3-4-8-15(14)20/h3-12,24-25H,1-2H3. The third-order valence-corrected chi connectivity index (χ3v) is 4.39. The van der Waals surface area contributed by atoms with Gasteiger partial charge in [0, 0.05) is 22.5 Å². The highest BCUT2D eigenvalue weighted by Gasteiger charge is 2.12. The third kappa shape index (κ3) is 3.67. The van der Waals surface area contributed by atoms with E-state index in [2.05, 4.69) is 10.1 Å². The molecular formula is C19H18FN3O2S.